The number of carbonyl (C=O) groups excluding carboxylic acids is 1. The van der Waals surface area contributed by atoms with Gasteiger partial charge in [0.15, 0.2) is 0 Å². The Morgan fingerprint density at radius 2 is 2.44 bits per heavy atom. The highest BCUT2D eigenvalue weighted by molar-refractivity contribution is 9.10. The maximum absolute atomic E-state index is 11.2. The maximum Gasteiger partial charge on any atom is 0.408 e. The third-order valence-corrected chi connectivity index (χ3v) is 2.30. The molecular formula is C10H12BrN3O4. The van der Waals surface area contributed by atoms with Crippen LogP contribution in [0.2, 0.25) is 0 Å². The van der Waals surface area contributed by atoms with E-state index in [1.165, 1.54) is 17.0 Å². The molecule has 0 aliphatic rings. The highest BCUT2D eigenvalue weighted by Crippen LogP contribution is 2.06. The van der Waals surface area contributed by atoms with Gasteiger partial charge in [-0.3, -0.25) is 4.68 Å². The first-order valence-electron chi connectivity index (χ1n) is 4.98. The lowest BCUT2D eigenvalue weighted by atomic mass is 10.3. The van der Waals surface area contributed by atoms with Crippen LogP contribution in [0.1, 0.15) is 0 Å². The van der Waals surface area contributed by atoms with Gasteiger partial charge in [-0.25, -0.2) is 9.59 Å². The third kappa shape index (κ3) is 4.58. The minimum atomic E-state index is -1.17. The number of alkyl carbamates (subject to hydrolysis) is 1. The molecule has 2 N–H and O–H groups in total. The van der Waals surface area contributed by atoms with Gasteiger partial charge in [-0.2, -0.15) is 5.10 Å². The Kier molecular flexibility index (Phi) is 5.37. The van der Waals surface area contributed by atoms with Crippen molar-refractivity contribution in [1.29, 1.82) is 0 Å². The van der Waals surface area contributed by atoms with Crippen molar-refractivity contribution in [1.82, 2.24) is 15.1 Å². The number of aromatic nitrogens is 2. The molecule has 8 heteroatoms. The van der Waals surface area contributed by atoms with E-state index in [1.54, 1.807) is 6.20 Å². The molecule has 1 amide bonds. The van der Waals surface area contributed by atoms with E-state index in [1.807, 2.05) is 0 Å². The van der Waals surface area contributed by atoms with Crippen LogP contribution in [0.5, 0.6) is 0 Å². The van der Waals surface area contributed by atoms with Gasteiger partial charge < -0.3 is 15.2 Å². The summed E-state index contributed by atoms with van der Waals surface area (Å²) in [7, 11) is 0. The van der Waals surface area contributed by atoms with Crippen LogP contribution in [0.15, 0.2) is 29.5 Å². The highest BCUT2D eigenvalue weighted by atomic mass is 79.9. The average molecular weight is 318 g/mol. The summed E-state index contributed by atoms with van der Waals surface area (Å²) in [6, 6.07) is -1.12. The number of aliphatic carboxylic acids is 1. The second-order valence-corrected chi connectivity index (χ2v) is 4.22. The number of halogens is 1. The second-order valence-electron chi connectivity index (χ2n) is 3.30. The van der Waals surface area contributed by atoms with Crippen molar-refractivity contribution in [2.24, 2.45) is 0 Å². The van der Waals surface area contributed by atoms with Crippen LogP contribution in [0.4, 0.5) is 4.79 Å². The predicted molar refractivity (Wildman–Crippen MR) is 66.0 cm³/mol. The monoisotopic (exact) mass is 317 g/mol. The molecule has 98 valence electrons. The first-order valence-corrected chi connectivity index (χ1v) is 5.77. The van der Waals surface area contributed by atoms with E-state index in [0.29, 0.717) is 0 Å². The largest absolute Gasteiger partial charge is 0.480 e. The van der Waals surface area contributed by atoms with E-state index in [0.717, 1.165) is 4.47 Å². The third-order valence-electron chi connectivity index (χ3n) is 1.89. The standard InChI is InChI=1S/C10H12BrN3O4/c1-2-3-18-10(17)13-8(9(15)16)6-14-5-7(11)4-12-14/h2,4-5,8H,1,3,6H2,(H,13,17)(H,15,16). The Morgan fingerprint density at radius 3 is 2.94 bits per heavy atom. The van der Waals surface area contributed by atoms with Crippen molar-refractivity contribution in [2.45, 2.75) is 12.6 Å². The summed E-state index contributed by atoms with van der Waals surface area (Å²) in [6.45, 7) is 3.40. The Morgan fingerprint density at radius 1 is 1.72 bits per heavy atom. The maximum atomic E-state index is 11.2. The Balaban J connectivity index is 2.57. The summed E-state index contributed by atoms with van der Waals surface area (Å²) >= 11 is 3.19. The molecule has 0 saturated heterocycles. The van der Waals surface area contributed by atoms with Crippen LogP contribution in [0, 0.1) is 0 Å². The van der Waals surface area contributed by atoms with E-state index in [-0.39, 0.29) is 13.2 Å². The van der Waals surface area contributed by atoms with Crippen LogP contribution in [-0.4, -0.2) is 39.6 Å². The number of nitrogens with zero attached hydrogens (tertiary/aromatic N) is 2. The Hall–Kier alpha value is -1.83. The number of rotatable bonds is 6. The summed E-state index contributed by atoms with van der Waals surface area (Å²) < 4.78 is 6.77. The lowest BCUT2D eigenvalue weighted by Crippen LogP contribution is -2.44. The Bertz CT molecular complexity index is 446. The van der Waals surface area contributed by atoms with Crippen molar-refractivity contribution in [3.05, 3.63) is 29.5 Å². The smallest absolute Gasteiger partial charge is 0.408 e. The van der Waals surface area contributed by atoms with Gasteiger partial charge in [0.05, 0.1) is 17.2 Å². The number of ether oxygens (including phenoxy) is 1. The summed E-state index contributed by atoms with van der Waals surface area (Å²) in [5.74, 6) is -1.17. The first kappa shape index (κ1) is 14.2. The molecule has 0 aliphatic heterocycles. The second kappa shape index (κ2) is 6.80. The van der Waals surface area contributed by atoms with Gasteiger partial charge in [0.25, 0.3) is 0 Å². The van der Waals surface area contributed by atoms with Crippen molar-refractivity contribution in [3.8, 4) is 0 Å². The fourth-order valence-corrected chi connectivity index (χ4v) is 1.46. The van der Waals surface area contributed by atoms with E-state index < -0.39 is 18.1 Å². The van der Waals surface area contributed by atoms with Gasteiger partial charge in [0.2, 0.25) is 0 Å². The quantitative estimate of drug-likeness (QED) is 0.764. The van der Waals surface area contributed by atoms with Gasteiger partial charge in [-0.05, 0) is 15.9 Å². The summed E-state index contributed by atoms with van der Waals surface area (Å²) in [5.41, 5.74) is 0. The fraction of sp³-hybridized carbons (Fsp3) is 0.300. The molecule has 1 unspecified atom stereocenters. The summed E-state index contributed by atoms with van der Waals surface area (Å²) in [6.07, 6.45) is 3.70. The van der Waals surface area contributed by atoms with Crippen molar-refractivity contribution in [3.63, 3.8) is 0 Å². The van der Waals surface area contributed by atoms with E-state index in [2.05, 4.69) is 37.7 Å². The van der Waals surface area contributed by atoms with E-state index in [9.17, 15) is 9.59 Å². The van der Waals surface area contributed by atoms with Gasteiger partial charge in [0, 0.05) is 6.20 Å². The zero-order valence-electron chi connectivity index (χ0n) is 9.38. The molecule has 1 aromatic heterocycles. The molecule has 1 rings (SSSR count). The molecule has 1 aromatic rings. The summed E-state index contributed by atoms with van der Waals surface area (Å²) in [5, 5.41) is 15.1. The lowest BCUT2D eigenvalue weighted by Gasteiger charge is -2.14. The van der Waals surface area contributed by atoms with Crippen LogP contribution in [0.3, 0.4) is 0 Å². The molecule has 0 aromatic carbocycles. The zero-order valence-corrected chi connectivity index (χ0v) is 11.0. The SMILES string of the molecule is C=CCOC(=O)NC(Cn1cc(Br)cn1)C(=O)O. The van der Waals surface area contributed by atoms with Crippen LogP contribution in [-0.2, 0) is 16.1 Å². The van der Waals surface area contributed by atoms with Crippen LogP contribution >= 0.6 is 15.9 Å². The van der Waals surface area contributed by atoms with Gasteiger partial charge in [-0.15, -0.1) is 0 Å². The molecule has 7 nitrogen and oxygen atoms in total. The molecule has 0 radical (unpaired) electrons. The number of amides is 1. The Labute approximate surface area is 112 Å². The van der Waals surface area contributed by atoms with Crippen molar-refractivity contribution >= 4 is 28.0 Å². The molecule has 0 spiro atoms. The normalized spacial score (nSPS) is 11.6. The molecule has 0 aliphatic carbocycles. The van der Waals surface area contributed by atoms with Crippen molar-refractivity contribution < 1.29 is 19.4 Å². The molecule has 0 bridgehead atoms. The zero-order chi connectivity index (χ0) is 13.5. The number of carboxylic acid groups (broad SMARTS) is 1. The lowest BCUT2D eigenvalue weighted by molar-refractivity contribution is -0.139. The molecule has 0 fully saturated rings. The fourth-order valence-electron chi connectivity index (χ4n) is 1.13. The molecule has 0 saturated carbocycles. The molecule has 18 heavy (non-hydrogen) atoms. The van der Waals surface area contributed by atoms with Gasteiger partial charge in [-0.1, -0.05) is 12.7 Å². The number of nitrogens with one attached hydrogen (secondary N) is 1. The predicted octanol–water partition coefficient (Wildman–Crippen LogP) is 1.01. The summed E-state index contributed by atoms with van der Waals surface area (Å²) in [4.78, 5) is 22.2. The first-order chi connectivity index (χ1) is 8.52. The van der Waals surface area contributed by atoms with E-state index >= 15 is 0 Å². The topological polar surface area (TPSA) is 93.5 Å². The van der Waals surface area contributed by atoms with Gasteiger partial charge >= 0.3 is 12.1 Å². The average Bonchev–Trinajstić information content (AvgIpc) is 2.71. The molecule has 1 heterocycles. The minimum absolute atomic E-state index is 0.00409. The van der Waals surface area contributed by atoms with Crippen molar-refractivity contribution in [2.75, 3.05) is 6.61 Å². The van der Waals surface area contributed by atoms with Crippen LogP contribution in [0.25, 0.3) is 0 Å². The highest BCUT2D eigenvalue weighted by Gasteiger charge is 2.21. The van der Waals surface area contributed by atoms with E-state index in [4.69, 9.17) is 5.11 Å². The number of carbonyl (C=O) groups is 2. The van der Waals surface area contributed by atoms with Gasteiger partial charge in [0.1, 0.15) is 12.6 Å². The number of carboxylic acids is 1. The minimum Gasteiger partial charge on any atom is -0.480 e. The van der Waals surface area contributed by atoms with Crippen LogP contribution < -0.4 is 5.32 Å². The number of hydrogen-bond donors (Lipinski definition) is 2. The number of hydrogen-bond acceptors (Lipinski definition) is 4. The molecular weight excluding hydrogens is 306 g/mol. The molecule has 1 atom stereocenters.